The SMILES string of the molecule is C#CCc1ccc(OC(=O)C2C(C)(C)C2(C)C)o1. The van der Waals surface area contributed by atoms with Gasteiger partial charge in [0, 0.05) is 6.07 Å². The van der Waals surface area contributed by atoms with Gasteiger partial charge in [-0.05, 0) is 16.9 Å². The van der Waals surface area contributed by atoms with Gasteiger partial charge in [0.15, 0.2) is 0 Å². The first-order valence-electron chi connectivity index (χ1n) is 6.04. The first-order chi connectivity index (χ1) is 8.30. The lowest BCUT2D eigenvalue weighted by Crippen LogP contribution is -2.14. The molecule has 0 spiro atoms. The van der Waals surface area contributed by atoms with Crippen molar-refractivity contribution in [2.45, 2.75) is 34.1 Å². The minimum Gasteiger partial charge on any atom is -0.429 e. The minimum absolute atomic E-state index is 0.0294. The average molecular weight is 246 g/mol. The first kappa shape index (κ1) is 12.8. The van der Waals surface area contributed by atoms with Gasteiger partial charge in [-0.3, -0.25) is 4.79 Å². The van der Waals surface area contributed by atoms with Gasteiger partial charge in [0.1, 0.15) is 5.76 Å². The molecule has 1 fully saturated rings. The molecule has 18 heavy (non-hydrogen) atoms. The molecule has 0 aromatic carbocycles. The van der Waals surface area contributed by atoms with E-state index in [0.29, 0.717) is 12.2 Å². The van der Waals surface area contributed by atoms with Crippen LogP contribution < -0.4 is 4.74 Å². The summed E-state index contributed by atoms with van der Waals surface area (Å²) in [5.74, 6) is 3.02. The second kappa shape index (κ2) is 3.91. The monoisotopic (exact) mass is 246 g/mol. The highest BCUT2D eigenvalue weighted by atomic mass is 16.6. The maximum absolute atomic E-state index is 12.1. The van der Waals surface area contributed by atoms with Gasteiger partial charge in [0.2, 0.25) is 0 Å². The summed E-state index contributed by atoms with van der Waals surface area (Å²) >= 11 is 0. The number of terminal acetylenes is 1. The highest BCUT2D eigenvalue weighted by molar-refractivity contribution is 5.80. The van der Waals surface area contributed by atoms with Crippen molar-refractivity contribution in [3.05, 3.63) is 17.9 Å². The molecule has 0 aliphatic heterocycles. The zero-order valence-electron chi connectivity index (χ0n) is 11.2. The molecular formula is C15H18O3. The van der Waals surface area contributed by atoms with E-state index in [1.54, 1.807) is 12.1 Å². The lowest BCUT2D eigenvalue weighted by Gasteiger charge is -2.03. The van der Waals surface area contributed by atoms with E-state index in [0.717, 1.165) is 0 Å². The molecule has 1 heterocycles. The molecule has 1 aromatic rings. The summed E-state index contributed by atoms with van der Waals surface area (Å²) in [5.41, 5.74) is -0.0589. The molecule has 2 rings (SSSR count). The Morgan fingerprint density at radius 2 is 2.00 bits per heavy atom. The molecule has 0 saturated heterocycles. The normalized spacial score (nSPS) is 20.2. The third-order valence-electron chi connectivity index (χ3n) is 4.37. The van der Waals surface area contributed by atoms with E-state index in [1.807, 2.05) is 0 Å². The van der Waals surface area contributed by atoms with Gasteiger partial charge in [0.05, 0.1) is 12.3 Å². The van der Waals surface area contributed by atoms with Crippen LogP contribution in [0.15, 0.2) is 16.5 Å². The summed E-state index contributed by atoms with van der Waals surface area (Å²) in [5, 5.41) is 0. The van der Waals surface area contributed by atoms with Crippen LogP contribution in [0.25, 0.3) is 0 Å². The van der Waals surface area contributed by atoms with Crippen LogP contribution in [0.3, 0.4) is 0 Å². The molecule has 1 saturated carbocycles. The third-order valence-corrected chi connectivity index (χ3v) is 4.37. The van der Waals surface area contributed by atoms with E-state index in [9.17, 15) is 4.79 Å². The predicted molar refractivity (Wildman–Crippen MR) is 67.9 cm³/mol. The van der Waals surface area contributed by atoms with E-state index in [2.05, 4.69) is 33.6 Å². The average Bonchev–Trinajstić information content (AvgIpc) is 2.59. The Kier molecular flexibility index (Phi) is 2.77. The number of hydrogen-bond acceptors (Lipinski definition) is 3. The Balaban J connectivity index is 2.03. The topological polar surface area (TPSA) is 39.4 Å². The highest BCUT2D eigenvalue weighted by Gasteiger charge is 2.69. The standard InChI is InChI=1S/C15H18O3/c1-6-7-10-8-9-11(17-10)18-13(16)12-14(2,3)15(12,4)5/h1,8-9,12H,7H2,2-5H3. The Labute approximate surface area is 108 Å². The molecular weight excluding hydrogens is 228 g/mol. The number of rotatable bonds is 3. The van der Waals surface area contributed by atoms with Crippen molar-refractivity contribution in [1.29, 1.82) is 0 Å². The summed E-state index contributed by atoms with van der Waals surface area (Å²) in [4.78, 5) is 12.1. The molecule has 0 amide bonds. The molecule has 0 atom stereocenters. The fourth-order valence-electron chi connectivity index (χ4n) is 2.55. The summed E-state index contributed by atoms with van der Waals surface area (Å²) in [7, 11) is 0. The van der Waals surface area contributed by atoms with Crippen LogP contribution in [-0.4, -0.2) is 5.97 Å². The number of carbonyl (C=O) groups is 1. The van der Waals surface area contributed by atoms with Crippen molar-refractivity contribution in [1.82, 2.24) is 0 Å². The van der Waals surface area contributed by atoms with E-state index in [-0.39, 0.29) is 28.7 Å². The van der Waals surface area contributed by atoms with Crippen LogP contribution in [-0.2, 0) is 11.2 Å². The van der Waals surface area contributed by atoms with Crippen LogP contribution in [0.5, 0.6) is 5.95 Å². The van der Waals surface area contributed by atoms with Crippen molar-refractivity contribution in [2.75, 3.05) is 0 Å². The summed E-state index contributed by atoms with van der Waals surface area (Å²) < 4.78 is 10.6. The van der Waals surface area contributed by atoms with Crippen LogP contribution in [0.1, 0.15) is 33.5 Å². The zero-order valence-corrected chi connectivity index (χ0v) is 11.2. The molecule has 0 unspecified atom stereocenters. The number of furan rings is 1. The molecule has 1 aliphatic carbocycles. The minimum atomic E-state index is -0.230. The van der Waals surface area contributed by atoms with Crippen LogP contribution >= 0.6 is 0 Å². The molecule has 1 aliphatic rings. The fraction of sp³-hybridized carbons (Fsp3) is 0.533. The molecule has 0 N–H and O–H groups in total. The van der Waals surface area contributed by atoms with E-state index >= 15 is 0 Å². The predicted octanol–water partition coefficient (Wildman–Crippen LogP) is 3.04. The van der Waals surface area contributed by atoms with Crippen molar-refractivity contribution in [3.8, 4) is 18.3 Å². The number of hydrogen-bond donors (Lipinski definition) is 0. The quantitative estimate of drug-likeness (QED) is 0.608. The Morgan fingerprint density at radius 3 is 2.50 bits per heavy atom. The van der Waals surface area contributed by atoms with Gasteiger partial charge in [0.25, 0.3) is 5.95 Å². The maximum Gasteiger partial charge on any atom is 0.317 e. The van der Waals surface area contributed by atoms with E-state index in [4.69, 9.17) is 15.6 Å². The van der Waals surface area contributed by atoms with Gasteiger partial charge >= 0.3 is 5.97 Å². The molecule has 3 heteroatoms. The van der Waals surface area contributed by atoms with Gasteiger partial charge in [-0.15, -0.1) is 6.42 Å². The van der Waals surface area contributed by atoms with Gasteiger partial charge in [-0.2, -0.15) is 0 Å². The van der Waals surface area contributed by atoms with Crippen molar-refractivity contribution < 1.29 is 13.9 Å². The lowest BCUT2D eigenvalue weighted by atomic mass is 10.0. The molecule has 1 aromatic heterocycles. The second-order valence-corrected chi connectivity index (χ2v) is 5.90. The summed E-state index contributed by atoms with van der Waals surface area (Å²) in [6.07, 6.45) is 5.58. The van der Waals surface area contributed by atoms with Crippen LogP contribution in [0.2, 0.25) is 0 Å². The highest BCUT2D eigenvalue weighted by Crippen LogP contribution is 2.68. The van der Waals surface area contributed by atoms with Crippen molar-refractivity contribution in [2.24, 2.45) is 16.7 Å². The van der Waals surface area contributed by atoms with E-state index < -0.39 is 0 Å². The Hall–Kier alpha value is -1.69. The van der Waals surface area contributed by atoms with Crippen LogP contribution in [0, 0.1) is 29.1 Å². The molecule has 96 valence electrons. The smallest absolute Gasteiger partial charge is 0.317 e. The number of carbonyl (C=O) groups excluding carboxylic acids is 1. The Bertz CT molecular complexity index is 500. The van der Waals surface area contributed by atoms with Crippen molar-refractivity contribution >= 4 is 5.97 Å². The number of esters is 1. The molecule has 0 radical (unpaired) electrons. The Morgan fingerprint density at radius 1 is 1.39 bits per heavy atom. The lowest BCUT2D eigenvalue weighted by molar-refractivity contribution is -0.138. The molecule has 3 nitrogen and oxygen atoms in total. The zero-order chi connectivity index (χ0) is 13.6. The van der Waals surface area contributed by atoms with Crippen LogP contribution in [0.4, 0.5) is 0 Å². The van der Waals surface area contributed by atoms with Gasteiger partial charge < -0.3 is 9.15 Å². The second-order valence-electron chi connectivity index (χ2n) is 5.90. The number of ether oxygens (including phenoxy) is 1. The van der Waals surface area contributed by atoms with Gasteiger partial charge in [-0.25, -0.2) is 0 Å². The van der Waals surface area contributed by atoms with Gasteiger partial charge in [-0.1, -0.05) is 33.6 Å². The fourth-order valence-corrected chi connectivity index (χ4v) is 2.55. The first-order valence-corrected chi connectivity index (χ1v) is 6.04. The largest absolute Gasteiger partial charge is 0.429 e. The summed E-state index contributed by atoms with van der Waals surface area (Å²) in [6.45, 7) is 8.30. The van der Waals surface area contributed by atoms with Crippen molar-refractivity contribution in [3.63, 3.8) is 0 Å². The third kappa shape index (κ3) is 1.82. The summed E-state index contributed by atoms with van der Waals surface area (Å²) in [6, 6.07) is 3.36. The van der Waals surface area contributed by atoms with E-state index in [1.165, 1.54) is 0 Å². The molecule has 0 bridgehead atoms. The maximum atomic E-state index is 12.1.